The Morgan fingerprint density at radius 2 is 2.24 bits per heavy atom. The molecule has 0 aliphatic rings. The topological polar surface area (TPSA) is 105 Å². The number of anilines is 1. The van der Waals surface area contributed by atoms with Gasteiger partial charge in [-0.05, 0) is 24.1 Å². The van der Waals surface area contributed by atoms with Gasteiger partial charge in [0.2, 0.25) is 0 Å². The summed E-state index contributed by atoms with van der Waals surface area (Å²) < 4.78 is 0. The van der Waals surface area contributed by atoms with Gasteiger partial charge in [0.05, 0.1) is 9.80 Å². The van der Waals surface area contributed by atoms with Crippen molar-refractivity contribution in [1.29, 1.82) is 0 Å². The molecule has 1 amide bonds. The second-order valence-corrected chi connectivity index (χ2v) is 4.78. The van der Waals surface area contributed by atoms with E-state index in [-0.39, 0.29) is 22.3 Å². The van der Waals surface area contributed by atoms with Crippen LogP contribution in [-0.2, 0) is 0 Å². The molecule has 0 saturated carbocycles. The summed E-state index contributed by atoms with van der Waals surface area (Å²) in [6.07, 6.45) is 0. The Morgan fingerprint density at radius 1 is 1.43 bits per heavy atom. The molecule has 2 aromatic heterocycles. The van der Waals surface area contributed by atoms with Gasteiger partial charge in [-0.25, -0.2) is 4.98 Å². The van der Waals surface area contributed by atoms with Gasteiger partial charge in [0.15, 0.2) is 0 Å². The molecule has 0 bridgehead atoms. The fourth-order valence-electron chi connectivity index (χ4n) is 1.43. The van der Waals surface area contributed by atoms with Crippen LogP contribution in [0.25, 0.3) is 0 Å². The Bertz CT molecular complexity index is 745. The normalized spacial score (nSPS) is 9.57. The number of carbonyl (C=O) groups is 1. The van der Waals surface area contributed by atoms with Crippen molar-refractivity contribution in [3.8, 4) is 11.8 Å². The summed E-state index contributed by atoms with van der Waals surface area (Å²) in [6.45, 7) is -0.281. The fourth-order valence-corrected chi connectivity index (χ4v) is 2.15. The lowest BCUT2D eigenvalue weighted by Gasteiger charge is -2.02. The zero-order valence-electron chi connectivity index (χ0n) is 10.6. The third-order valence-corrected chi connectivity index (χ3v) is 3.32. The Morgan fingerprint density at radius 3 is 2.90 bits per heavy atom. The van der Waals surface area contributed by atoms with Crippen molar-refractivity contribution in [1.82, 2.24) is 4.98 Å². The van der Waals surface area contributed by atoms with Crippen molar-refractivity contribution >= 4 is 28.1 Å². The minimum absolute atomic E-state index is 0.101. The van der Waals surface area contributed by atoms with Gasteiger partial charge in [-0.2, -0.15) is 0 Å². The molecule has 0 fully saturated rings. The van der Waals surface area contributed by atoms with E-state index in [9.17, 15) is 14.9 Å². The van der Waals surface area contributed by atoms with Crippen LogP contribution in [0.4, 0.5) is 10.8 Å². The summed E-state index contributed by atoms with van der Waals surface area (Å²) in [7, 11) is 0. The molecule has 0 spiro atoms. The quantitative estimate of drug-likeness (QED) is 0.509. The lowest BCUT2D eigenvalue weighted by molar-refractivity contribution is -0.380. The van der Waals surface area contributed by atoms with E-state index in [2.05, 4.69) is 22.1 Å². The molecule has 0 atom stereocenters. The number of nitrogens with one attached hydrogen (secondary N) is 1. The lowest BCUT2D eigenvalue weighted by Crippen LogP contribution is -2.11. The number of pyridine rings is 1. The Labute approximate surface area is 123 Å². The third-order valence-electron chi connectivity index (χ3n) is 2.28. The fraction of sp³-hybridized carbons (Fsp3) is 0.0769. The van der Waals surface area contributed by atoms with E-state index in [1.54, 1.807) is 18.2 Å². The molecule has 0 aliphatic carbocycles. The van der Waals surface area contributed by atoms with Gasteiger partial charge in [-0.1, -0.05) is 23.3 Å². The number of aliphatic hydroxyl groups excluding tert-OH is 1. The number of hydrogen-bond donors (Lipinski definition) is 2. The summed E-state index contributed by atoms with van der Waals surface area (Å²) in [5.74, 6) is 4.87. The first-order valence-corrected chi connectivity index (χ1v) is 6.54. The maximum absolute atomic E-state index is 11.9. The standard InChI is InChI=1S/C13H9N3O4S/c17-8-2-4-9-3-1-5-11(14-9)15-13(18)10-6-7-12(21-10)16(19)20/h1,3,5-7,17H,8H2,(H,14,15,18). The zero-order valence-corrected chi connectivity index (χ0v) is 11.4. The molecular weight excluding hydrogens is 294 g/mol. The highest BCUT2D eigenvalue weighted by Crippen LogP contribution is 2.24. The van der Waals surface area contributed by atoms with Crippen molar-refractivity contribution in [2.24, 2.45) is 0 Å². The predicted octanol–water partition coefficient (Wildman–Crippen LogP) is 1.65. The maximum atomic E-state index is 11.9. The van der Waals surface area contributed by atoms with E-state index in [0.717, 1.165) is 11.3 Å². The van der Waals surface area contributed by atoms with Crippen LogP contribution in [-0.4, -0.2) is 27.5 Å². The molecule has 8 heteroatoms. The third kappa shape index (κ3) is 3.85. The summed E-state index contributed by atoms with van der Waals surface area (Å²) in [5.41, 5.74) is 0.402. The molecule has 2 rings (SSSR count). The van der Waals surface area contributed by atoms with Crippen molar-refractivity contribution in [3.63, 3.8) is 0 Å². The van der Waals surface area contributed by atoms with Crippen molar-refractivity contribution in [2.45, 2.75) is 0 Å². The average molecular weight is 303 g/mol. The van der Waals surface area contributed by atoms with Crippen molar-refractivity contribution < 1.29 is 14.8 Å². The number of thiophene rings is 1. The second kappa shape index (κ2) is 6.60. The SMILES string of the molecule is O=C(Nc1cccc(C#CCO)n1)c1ccc([N+](=O)[O-])s1. The number of hydrogen-bond acceptors (Lipinski definition) is 6. The average Bonchev–Trinajstić information content (AvgIpc) is 2.95. The van der Waals surface area contributed by atoms with Gasteiger partial charge in [-0.15, -0.1) is 0 Å². The molecule has 21 heavy (non-hydrogen) atoms. The first-order chi connectivity index (χ1) is 10.1. The first kappa shape index (κ1) is 14.6. The minimum atomic E-state index is -0.551. The van der Waals surface area contributed by atoms with Gasteiger partial charge in [-0.3, -0.25) is 14.9 Å². The summed E-state index contributed by atoms with van der Waals surface area (Å²) in [6, 6.07) is 7.52. The van der Waals surface area contributed by atoms with Crippen molar-refractivity contribution in [2.75, 3.05) is 11.9 Å². The largest absolute Gasteiger partial charge is 0.384 e. The Kier molecular flexibility index (Phi) is 4.61. The number of carbonyl (C=O) groups excluding carboxylic acids is 1. The number of aromatic nitrogens is 1. The van der Waals surface area contributed by atoms with Gasteiger partial charge in [0.1, 0.15) is 18.1 Å². The second-order valence-electron chi connectivity index (χ2n) is 3.72. The van der Waals surface area contributed by atoms with Crippen molar-refractivity contribution in [3.05, 3.63) is 51.0 Å². The first-order valence-electron chi connectivity index (χ1n) is 5.72. The zero-order chi connectivity index (χ0) is 15.2. The Balaban J connectivity index is 2.13. The van der Waals surface area contributed by atoms with Crippen LogP contribution in [0, 0.1) is 22.0 Å². The highest BCUT2D eigenvalue weighted by molar-refractivity contribution is 7.17. The highest BCUT2D eigenvalue weighted by atomic mass is 32.1. The number of nitrogens with zero attached hydrogens (tertiary/aromatic N) is 2. The van der Waals surface area contributed by atoms with Gasteiger partial charge in [0, 0.05) is 6.07 Å². The van der Waals surface area contributed by atoms with E-state index in [1.165, 1.54) is 12.1 Å². The van der Waals surface area contributed by atoms with Crippen LogP contribution in [0.1, 0.15) is 15.4 Å². The maximum Gasteiger partial charge on any atom is 0.324 e. The highest BCUT2D eigenvalue weighted by Gasteiger charge is 2.15. The monoisotopic (exact) mass is 303 g/mol. The molecule has 0 unspecified atom stereocenters. The summed E-state index contributed by atoms with van der Waals surface area (Å²) >= 11 is 0.786. The van der Waals surface area contributed by atoms with E-state index >= 15 is 0 Å². The van der Waals surface area contributed by atoms with Crippen LogP contribution >= 0.6 is 11.3 Å². The number of nitro groups is 1. The van der Waals surface area contributed by atoms with E-state index in [4.69, 9.17) is 5.11 Å². The molecule has 2 N–H and O–H groups in total. The minimum Gasteiger partial charge on any atom is -0.384 e. The molecule has 7 nitrogen and oxygen atoms in total. The molecule has 0 aliphatic heterocycles. The van der Waals surface area contributed by atoms with Gasteiger partial charge in [0.25, 0.3) is 5.91 Å². The number of rotatable bonds is 3. The van der Waals surface area contributed by atoms with Crippen LogP contribution < -0.4 is 5.32 Å². The van der Waals surface area contributed by atoms with E-state index in [1.807, 2.05) is 0 Å². The number of amides is 1. The predicted molar refractivity (Wildman–Crippen MR) is 77.1 cm³/mol. The molecule has 2 heterocycles. The van der Waals surface area contributed by atoms with Crippen LogP contribution in [0.3, 0.4) is 0 Å². The lowest BCUT2D eigenvalue weighted by atomic mass is 10.3. The van der Waals surface area contributed by atoms with Gasteiger partial charge < -0.3 is 10.4 Å². The Hall–Kier alpha value is -2.76. The summed E-state index contributed by atoms with van der Waals surface area (Å²) in [4.78, 5) is 26.3. The molecule has 106 valence electrons. The molecule has 0 aromatic carbocycles. The van der Waals surface area contributed by atoms with Gasteiger partial charge >= 0.3 is 5.00 Å². The van der Waals surface area contributed by atoms with Crippen LogP contribution in [0.5, 0.6) is 0 Å². The molecule has 0 saturated heterocycles. The van der Waals surface area contributed by atoms with E-state index in [0.29, 0.717) is 5.69 Å². The van der Waals surface area contributed by atoms with Crippen LogP contribution in [0.15, 0.2) is 30.3 Å². The van der Waals surface area contributed by atoms with E-state index < -0.39 is 10.8 Å². The molecule has 0 radical (unpaired) electrons. The molecular formula is C13H9N3O4S. The molecule has 2 aromatic rings. The number of aliphatic hydroxyl groups is 1. The van der Waals surface area contributed by atoms with Crippen LogP contribution in [0.2, 0.25) is 0 Å². The summed E-state index contributed by atoms with van der Waals surface area (Å²) in [5, 5.41) is 21.6. The smallest absolute Gasteiger partial charge is 0.324 e.